The van der Waals surface area contributed by atoms with Crippen molar-refractivity contribution in [2.24, 2.45) is 11.1 Å². The molecule has 0 bridgehead atoms. The molecule has 0 aliphatic rings. The van der Waals surface area contributed by atoms with Crippen molar-refractivity contribution in [2.45, 2.75) is 39.9 Å². The molecule has 39 heavy (non-hydrogen) atoms. The van der Waals surface area contributed by atoms with E-state index in [1.807, 2.05) is 6.07 Å². The van der Waals surface area contributed by atoms with Gasteiger partial charge in [0.1, 0.15) is 17.4 Å². The zero-order chi connectivity index (χ0) is 28.3. The monoisotopic (exact) mass is 532 g/mol. The second kappa shape index (κ2) is 10.7. The fraction of sp³-hybridized carbons (Fsp3) is 0.269. The van der Waals surface area contributed by atoms with Crippen molar-refractivity contribution in [1.82, 2.24) is 30.6 Å². The van der Waals surface area contributed by atoms with Crippen LogP contribution in [-0.4, -0.2) is 43.7 Å². The predicted octanol–water partition coefficient (Wildman–Crippen LogP) is 2.04. The van der Waals surface area contributed by atoms with E-state index >= 15 is 0 Å². The molecule has 0 saturated heterocycles. The van der Waals surface area contributed by atoms with Crippen molar-refractivity contribution in [3.05, 3.63) is 76.9 Å². The van der Waals surface area contributed by atoms with E-state index in [0.717, 1.165) is 5.56 Å². The van der Waals surface area contributed by atoms with Gasteiger partial charge in [-0.1, -0.05) is 45.0 Å². The number of amides is 3. The summed E-state index contributed by atoms with van der Waals surface area (Å²) in [4.78, 5) is 37.6. The molecule has 2 heterocycles. The number of hydrogen-bond acceptors (Lipinski definition) is 8. The van der Waals surface area contributed by atoms with E-state index < -0.39 is 40.9 Å². The number of rotatable bonds is 8. The first kappa shape index (κ1) is 26.9. The van der Waals surface area contributed by atoms with Gasteiger partial charge in [-0.25, -0.2) is 4.39 Å². The first-order valence-electron chi connectivity index (χ1n) is 11.8. The molecule has 13 heteroatoms. The number of nitrogens with zero attached hydrogens (tertiary/aromatic N) is 5. The van der Waals surface area contributed by atoms with Gasteiger partial charge in [-0.2, -0.15) is 10.4 Å². The molecule has 2 aromatic carbocycles. The van der Waals surface area contributed by atoms with Crippen LogP contribution in [0.1, 0.15) is 59.0 Å². The second-order valence-electron chi connectivity index (χ2n) is 9.81. The molecule has 2 aromatic heterocycles. The molecule has 200 valence electrons. The number of benzene rings is 2. The lowest BCUT2D eigenvalue weighted by Crippen LogP contribution is -2.53. The third kappa shape index (κ3) is 5.90. The summed E-state index contributed by atoms with van der Waals surface area (Å²) in [5.74, 6) is -3.13. The summed E-state index contributed by atoms with van der Waals surface area (Å²) in [5.41, 5.74) is 5.66. The number of fused-ring (bicyclic) bond motifs is 1. The van der Waals surface area contributed by atoms with Crippen molar-refractivity contribution < 1.29 is 23.2 Å². The van der Waals surface area contributed by atoms with Crippen LogP contribution in [0.25, 0.3) is 10.9 Å². The summed E-state index contributed by atoms with van der Waals surface area (Å²) >= 11 is 0. The smallest absolute Gasteiger partial charge is 0.306 e. The van der Waals surface area contributed by atoms with Crippen molar-refractivity contribution in [1.29, 1.82) is 5.26 Å². The van der Waals surface area contributed by atoms with E-state index in [1.54, 1.807) is 51.1 Å². The lowest BCUT2D eigenvalue weighted by atomic mass is 9.86. The van der Waals surface area contributed by atoms with E-state index in [2.05, 4.69) is 25.9 Å². The first-order valence-corrected chi connectivity index (χ1v) is 11.8. The summed E-state index contributed by atoms with van der Waals surface area (Å²) in [6.07, 6.45) is 0. The third-order valence-electron chi connectivity index (χ3n) is 5.85. The molecular weight excluding hydrogens is 507 g/mol. The van der Waals surface area contributed by atoms with Crippen LogP contribution in [0, 0.1) is 22.6 Å². The Balaban J connectivity index is 1.58. The number of halogens is 1. The van der Waals surface area contributed by atoms with Gasteiger partial charge in [-0.15, -0.1) is 10.2 Å². The van der Waals surface area contributed by atoms with Crippen LogP contribution in [0.15, 0.2) is 46.9 Å². The Morgan fingerprint density at radius 3 is 2.49 bits per heavy atom. The SMILES string of the molecule is CC(C)(C)[C@H](NC(=O)c1nn(Cc2ccc(C#N)cc2)c2c(F)cccc12)C(=O)NCc1nnc(C(N)=O)o1. The molecule has 1 atom stereocenters. The highest BCUT2D eigenvalue weighted by Gasteiger charge is 2.34. The molecule has 4 N–H and O–H groups in total. The summed E-state index contributed by atoms with van der Waals surface area (Å²) in [7, 11) is 0. The van der Waals surface area contributed by atoms with Crippen LogP contribution in [-0.2, 0) is 17.9 Å². The maximum atomic E-state index is 14.9. The molecule has 0 spiro atoms. The van der Waals surface area contributed by atoms with Gasteiger partial charge in [-0.3, -0.25) is 19.1 Å². The molecule has 12 nitrogen and oxygen atoms in total. The summed E-state index contributed by atoms with van der Waals surface area (Å²) < 4.78 is 21.3. The highest BCUT2D eigenvalue weighted by molar-refractivity contribution is 6.06. The summed E-state index contributed by atoms with van der Waals surface area (Å²) in [5, 5.41) is 26.1. The van der Waals surface area contributed by atoms with Crippen LogP contribution in [0.3, 0.4) is 0 Å². The highest BCUT2D eigenvalue weighted by Crippen LogP contribution is 2.25. The Labute approximate surface area is 222 Å². The van der Waals surface area contributed by atoms with Crippen molar-refractivity contribution in [3.8, 4) is 6.07 Å². The minimum atomic E-state index is -1.03. The van der Waals surface area contributed by atoms with Gasteiger partial charge in [-0.05, 0) is 29.2 Å². The van der Waals surface area contributed by atoms with Crippen LogP contribution < -0.4 is 16.4 Å². The number of carbonyl (C=O) groups is 3. The molecule has 0 unspecified atom stereocenters. The highest BCUT2D eigenvalue weighted by atomic mass is 19.1. The lowest BCUT2D eigenvalue weighted by molar-refractivity contribution is -0.125. The predicted molar refractivity (Wildman–Crippen MR) is 135 cm³/mol. The summed E-state index contributed by atoms with van der Waals surface area (Å²) in [6.45, 7) is 5.23. The number of para-hydroxylation sites is 1. The number of aromatic nitrogens is 4. The zero-order valence-electron chi connectivity index (χ0n) is 21.4. The Bertz CT molecular complexity index is 1590. The second-order valence-corrected chi connectivity index (χ2v) is 9.81. The average molecular weight is 533 g/mol. The van der Waals surface area contributed by atoms with Gasteiger partial charge in [0.2, 0.25) is 11.8 Å². The average Bonchev–Trinajstić information content (AvgIpc) is 3.51. The van der Waals surface area contributed by atoms with E-state index in [0.29, 0.717) is 5.56 Å². The molecule has 4 rings (SSSR count). The molecular formula is C26H25FN8O4. The van der Waals surface area contributed by atoms with Crippen LogP contribution in [0.5, 0.6) is 0 Å². The fourth-order valence-electron chi connectivity index (χ4n) is 3.90. The topological polar surface area (TPSA) is 182 Å². The number of hydrogen-bond donors (Lipinski definition) is 3. The van der Waals surface area contributed by atoms with E-state index in [1.165, 1.54) is 16.8 Å². The third-order valence-corrected chi connectivity index (χ3v) is 5.85. The van der Waals surface area contributed by atoms with Gasteiger partial charge in [0.25, 0.3) is 5.91 Å². The number of primary amides is 1. The molecule has 0 saturated carbocycles. The van der Waals surface area contributed by atoms with Crippen LogP contribution >= 0.6 is 0 Å². The quantitative estimate of drug-likeness (QED) is 0.308. The van der Waals surface area contributed by atoms with E-state index in [9.17, 15) is 18.8 Å². The maximum Gasteiger partial charge on any atom is 0.306 e. The number of nitrogens with two attached hydrogens (primary N) is 1. The minimum Gasteiger partial charge on any atom is -0.415 e. The van der Waals surface area contributed by atoms with Gasteiger partial charge < -0.3 is 20.8 Å². The zero-order valence-corrected chi connectivity index (χ0v) is 21.4. The van der Waals surface area contributed by atoms with Crippen molar-refractivity contribution >= 4 is 28.6 Å². The Hall–Kier alpha value is -5.12. The number of nitriles is 1. The van der Waals surface area contributed by atoms with E-state index in [4.69, 9.17) is 15.4 Å². The van der Waals surface area contributed by atoms with Gasteiger partial charge in [0.05, 0.1) is 24.7 Å². The fourth-order valence-corrected chi connectivity index (χ4v) is 3.90. The minimum absolute atomic E-state index is 0.0425. The van der Waals surface area contributed by atoms with Crippen molar-refractivity contribution in [3.63, 3.8) is 0 Å². The normalized spacial score (nSPS) is 12.1. The number of carbonyl (C=O) groups excluding carboxylic acids is 3. The molecule has 0 aliphatic heterocycles. The van der Waals surface area contributed by atoms with Gasteiger partial charge in [0, 0.05) is 5.39 Å². The standard InChI is InChI=1S/C26H25FN8O4/c1-26(2,3)21(24(38)30-12-18-32-33-25(39-18)22(29)36)31-23(37)19-16-5-4-6-17(27)20(16)35(34-19)13-15-9-7-14(11-28)8-10-15/h4-10,21H,12-13H2,1-3H3,(H2,29,36)(H,30,38)(H,31,37)/t21-/m1/s1. The van der Waals surface area contributed by atoms with E-state index in [-0.39, 0.29) is 35.6 Å². The van der Waals surface area contributed by atoms with Gasteiger partial charge >= 0.3 is 11.8 Å². The molecule has 4 aromatic rings. The van der Waals surface area contributed by atoms with Crippen LogP contribution in [0.2, 0.25) is 0 Å². The molecule has 0 fully saturated rings. The molecule has 0 radical (unpaired) electrons. The van der Waals surface area contributed by atoms with Gasteiger partial charge in [0.15, 0.2) is 5.69 Å². The lowest BCUT2D eigenvalue weighted by Gasteiger charge is -2.30. The van der Waals surface area contributed by atoms with Crippen molar-refractivity contribution in [2.75, 3.05) is 0 Å². The largest absolute Gasteiger partial charge is 0.415 e. The first-order chi connectivity index (χ1) is 18.5. The maximum absolute atomic E-state index is 14.9. The number of nitrogens with one attached hydrogen (secondary N) is 2. The Morgan fingerprint density at radius 2 is 1.87 bits per heavy atom. The Kier molecular flexibility index (Phi) is 7.39. The molecule has 0 aliphatic carbocycles. The Morgan fingerprint density at radius 1 is 1.15 bits per heavy atom. The molecule has 3 amide bonds. The summed E-state index contributed by atoms with van der Waals surface area (Å²) in [6, 6.07) is 12.1. The van der Waals surface area contributed by atoms with Crippen LogP contribution in [0.4, 0.5) is 4.39 Å².